The van der Waals surface area contributed by atoms with Gasteiger partial charge in [0.1, 0.15) is 0 Å². The van der Waals surface area contributed by atoms with Crippen LogP contribution in [-0.2, 0) is 0 Å². The van der Waals surface area contributed by atoms with E-state index in [9.17, 15) is 0 Å². The molecule has 1 aromatic carbocycles. The van der Waals surface area contributed by atoms with Gasteiger partial charge in [-0.2, -0.15) is 0 Å². The van der Waals surface area contributed by atoms with Gasteiger partial charge >= 0.3 is 0 Å². The fourth-order valence-corrected chi connectivity index (χ4v) is 1.74. The second-order valence-electron chi connectivity index (χ2n) is 2.46. The minimum Gasteiger partial charge on any atom is -0.142 e. The molecule has 0 atom stereocenters. The molecule has 0 saturated carbocycles. The van der Waals surface area contributed by atoms with Crippen LogP contribution in [0.4, 0.5) is 0 Å². The lowest BCUT2D eigenvalue weighted by Crippen LogP contribution is -1.71. The van der Waals surface area contributed by atoms with E-state index >= 15 is 0 Å². The molecular formula is C10H6ClS. The fourth-order valence-electron chi connectivity index (χ4n) is 1.02. The van der Waals surface area contributed by atoms with Crippen molar-refractivity contribution in [2.75, 3.05) is 0 Å². The van der Waals surface area contributed by atoms with Gasteiger partial charge in [0.2, 0.25) is 0 Å². The zero-order valence-electron chi connectivity index (χ0n) is 6.25. The molecule has 0 aliphatic rings. The molecule has 0 aliphatic heterocycles. The lowest BCUT2D eigenvalue weighted by Gasteiger charge is -1.95. The largest absolute Gasteiger partial charge is 0.142 e. The van der Waals surface area contributed by atoms with Crippen molar-refractivity contribution in [2.24, 2.45) is 0 Å². The first kappa shape index (κ1) is 7.84. The summed E-state index contributed by atoms with van der Waals surface area (Å²) in [6, 6.07) is 9.80. The van der Waals surface area contributed by atoms with Crippen LogP contribution in [0.25, 0.3) is 11.1 Å². The maximum atomic E-state index is 5.77. The Balaban J connectivity index is 2.43. The summed E-state index contributed by atoms with van der Waals surface area (Å²) in [6.45, 7) is 0. The highest BCUT2D eigenvalue weighted by molar-refractivity contribution is 7.07. The van der Waals surface area contributed by atoms with Crippen molar-refractivity contribution in [3.63, 3.8) is 0 Å². The van der Waals surface area contributed by atoms with E-state index in [1.54, 1.807) is 11.3 Å². The molecule has 0 unspecified atom stereocenters. The van der Waals surface area contributed by atoms with Gasteiger partial charge in [-0.05, 0) is 34.7 Å². The van der Waals surface area contributed by atoms with E-state index in [1.807, 2.05) is 30.3 Å². The molecule has 0 N–H and O–H groups in total. The van der Waals surface area contributed by atoms with Gasteiger partial charge in [-0.1, -0.05) is 23.7 Å². The minimum absolute atomic E-state index is 0.776. The molecule has 0 spiro atoms. The first-order valence-corrected chi connectivity index (χ1v) is 4.82. The maximum absolute atomic E-state index is 5.77. The molecule has 59 valence electrons. The number of hydrogen-bond acceptors (Lipinski definition) is 1. The van der Waals surface area contributed by atoms with Crippen LogP contribution in [0.3, 0.4) is 0 Å². The van der Waals surface area contributed by atoms with Gasteiger partial charge in [0, 0.05) is 10.4 Å². The number of benzene rings is 1. The van der Waals surface area contributed by atoms with Crippen molar-refractivity contribution < 1.29 is 0 Å². The molecule has 0 saturated heterocycles. The monoisotopic (exact) mass is 193 g/mol. The smallest absolute Gasteiger partial charge is 0.0449 e. The van der Waals surface area contributed by atoms with E-state index in [2.05, 4.69) is 10.8 Å². The highest BCUT2D eigenvalue weighted by atomic mass is 35.5. The zero-order chi connectivity index (χ0) is 8.39. The van der Waals surface area contributed by atoms with Gasteiger partial charge < -0.3 is 0 Å². The summed E-state index contributed by atoms with van der Waals surface area (Å²) in [5, 5.41) is 5.90. The molecule has 2 heteroatoms. The Morgan fingerprint density at radius 2 is 1.83 bits per heavy atom. The van der Waals surface area contributed by atoms with Crippen LogP contribution in [0.15, 0.2) is 35.7 Å². The fraction of sp³-hybridized carbons (Fsp3) is 0. The molecule has 12 heavy (non-hydrogen) atoms. The lowest BCUT2D eigenvalue weighted by molar-refractivity contribution is 1.67. The van der Waals surface area contributed by atoms with Crippen molar-refractivity contribution in [3.05, 3.63) is 46.1 Å². The van der Waals surface area contributed by atoms with Crippen LogP contribution in [0.5, 0.6) is 0 Å². The van der Waals surface area contributed by atoms with Crippen molar-refractivity contribution in [1.82, 2.24) is 0 Å². The van der Waals surface area contributed by atoms with E-state index in [1.165, 1.54) is 11.1 Å². The van der Waals surface area contributed by atoms with Crippen molar-refractivity contribution in [2.45, 2.75) is 0 Å². The normalized spacial score (nSPS) is 10.1. The van der Waals surface area contributed by atoms with Gasteiger partial charge in [0.15, 0.2) is 0 Å². The molecule has 0 amide bonds. The predicted molar refractivity (Wildman–Crippen MR) is 53.6 cm³/mol. The number of rotatable bonds is 1. The van der Waals surface area contributed by atoms with Gasteiger partial charge in [0.05, 0.1) is 0 Å². The van der Waals surface area contributed by atoms with Crippen molar-refractivity contribution in [3.8, 4) is 11.1 Å². The van der Waals surface area contributed by atoms with E-state index in [-0.39, 0.29) is 0 Å². The third-order valence-corrected chi connectivity index (χ3v) is 2.52. The Kier molecular flexibility index (Phi) is 2.15. The number of halogens is 1. The summed E-state index contributed by atoms with van der Waals surface area (Å²) >= 11 is 7.35. The maximum Gasteiger partial charge on any atom is 0.0449 e. The van der Waals surface area contributed by atoms with E-state index in [0.29, 0.717) is 0 Å². The van der Waals surface area contributed by atoms with E-state index in [0.717, 1.165) is 5.02 Å². The predicted octanol–water partition coefficient (Wildman–Crippen LogP) is 3.87. The zero-order valence-corrected chi connectivity index (χ0v) is 7.82. The highest BCUT2D eigenvalue weighted by Gasteiger charge is 1.96. The number of hydrogen-bond donors (Lipinski definition) is 0. The average Bonchev–Trinajstić information content (AvgIpc) is 2.58. The molecule has 0 nitrogen and oxygen atoms in total. The summed E-state index contributed by atoms with van der Waals surface area (Å²) in [7, 11) is 0. The molecule has 1 heterocycles. The topological polar surface area (TPSA) is 0 Å². The second-order valence-corrected chi connectivity index (χ2v) is 3.60. The molecule has 2 rings (SSSR count). The second kappa shape index (κ2) is 3.30. The van der Waals surface area contributed by atoms with Crippen LogP contribution in [-0.4, -0.2) is 0 Å². The van der Waals surface area contributed by atoms with Gasteiger partial charge in [-0.25, -0.2) is 0 Å². The van der Waals surface area contributed by atoms with Crippen molar-refractivity contribution >= 4 is 22.9 Å². The Hall–Kier alpha value is -0.790. The Morgan fingerprint density at radius 3 is 2.42 bits per heavy atom. The van der Waals surface area contributed by atoms with Crippen LogP contribution in [0, 0.1) is 5.38 Å². The van der Waals surface area contributed by atoms with Crippen LogP contribution >= 0.6 is 22.9 Å². The highest BCUT2D eigenvalue weighted by Crippen LogP contribution is 2.22. The lowest BCUT2D eigenvalue weighted by atomic mass is 10.1. The molecule has 0 aliphatic carbocycles. The van der Waals surface area contributed by atoms with Crippen LogP contribution in [0.1, 0.15) is 0 Å². The molecule has 0 bridgehead atoms. The van der Waals surface area contributed by atoms with E-state index < -0.39 is 0 Å². The third kappa shape index (κ3) is 1.52. The average molecular weight is 194 g/mol. The SMILES string of the molecule is Clc1ccc(-c2c[c]sc2)cc1. The Bertz CT molecular complexity index is 348. The van der Waals surface area contributed by atoms with Crippen molar-refractivity contribution in [1.29, 1.82) is 0 Å². The molecule has 1 aromatic heterocycles. The quantitative estimate of drug-likeness (QED) is 0.645. The summed E-state index contributed by atoms with van der Waals surface area (Å²) in [6.07, 6.45) is 0. The van der Waals surface area contributed by atoms with Gasteiger partial charge in [-0.15, -0.1) is 11.3 Å². The first-order chi connectivity index (χ1) is 5.86. The molecular weight excluding hydrogens is 188 g/mol. The summed E-state index contributed by atoms with van der Waals surface area (Å²) in [5.41, 5.74) is 2.40. The first-order valence-electron chi connectivity index (χ1n) is 3.57. The summed E-state index contributed by atoms with van der Waals surface area (Å²) in [5.74, 6) is 0. The van der Waals surface area contributed by atoms with E-state index in [4.69, 9.17) is 11.6 Å². The summed E-state index contributed by atoms with van der Waals surface area (Å²) in [4.78, 5) is 0. The standard InChI is InChI=1S/C10H6ClS/c11-10-3-1-8(2-4-10)9-5-6-12-7-9/h1-5,7H. The molecule has 1 radical (unpaired) electrons. The Morgan fingerprint density at radius 1 is 1.08 bits per heavy atom. The molecule has 2 aromatic rings. The Labute approximate surface area is 80.4 Å². The van der Waals surface area contributed by atoms with Gasteiger partial charge in [0.25, 0.3) is 0 Å². The number of thiophene rings is 1. The third-order valence-electron chi connectivity index (χ3n) is 1.65. The van der Waals surface area contributed by atoms with Crippen LogP contribution < -0.4 is 0 Å². The minimum atomic E-state index is 0.776. The molecule has 0 fully saturated rings. The van der Waals surface area contributed by atoms with Gasteiger partial charge in [-0.3, -0.25) is 0 Å². The summed E-state index contributed by atoms with van der Waals surface area (Å²) < 4.78 is 0. The van der Waals surface area contributed by atoms with Crippen LogP contribution in [0.2, 0.25) is 5.02 Å².